The van der Waals surface area contributed by atoms with Gasteiger partial charge in [-0.2, -0.15) is 0 Å². The molecule has 0 atom stereocenters. The number of hydrogen-bond donors (Lipinski definition) is 2. The average Bonchev–Trinajstić information content (AvgIpc) is 2.45. The van der Waals surface area contributed by atoms with Gasteiger partial charge in [0.25, 0.3) is 0 Å². The van der Waals surface area contributed by atoms with Crippen molar-refractivity contribution in [3.63, 3.8) is 0 Å². The summed E-state index contributed by atoms with van der Waals surface area (Å²) < 4.78 is 10.2. The fourth-order valence-electron chi connectivity index (χ4n) is 2.02. The van der Waals surface area contributed by atoms with Crippen molar-refractivity contribution in [1.82, 2.24) is 4.90 Å². The topological polar surface area (TPSA) is 71.6 Å². The van der Waals surface area contributed by atoms with Gasteiger partial charge in [0.15, 0.2) is 0 Å². The standard InChI is InChI=1S/C15H25N3O2/c1-19-9-4-7-18(8-10-20-2)12-13-5-3-6-14(11-13)15(16)17/h3,5-6,11H,4,7-10,12H2,1-2H3,(H3,16,17). The summed E-state index contributed by atoms with van der Waals surface area (Å²) in [5.74, 6) is 0.106. The number of nitrogen functional groups attached to an aromatic ring is 1. The first kappa shape index (κ1) is 16.6. The third-order valence-corrected chi connectivity index (χ3v) is 3.08. The molecule has 0 unspecified atom stereocenters. The number of ether oxygens (including phenoxy) is 2. The second kappa shape index (κ2) is 9.47. The highest BCUT2D eigenvalue weighted by Gasteiger charge is 2.07. The summed E-state index contributed by atoms with van der Waals surface area (Å²) >= 11 is 0. The maximum Gasteiger partial charge on any atom is 0.122 e. The molecule has 112 valence electrons. The predicted molar refractivity (Wildman–Crippen MR) is 81.1 cm³/mol. The van der Waals surface area contributed by atoms with Crippen LogP contribution in [0.5, 0.6) is 0 Å². The van der Waals surface area contributed by atoms with Crippen LogP contribution in [0, 0.1) is 5.41 Å². The van der Waals surface area contributed by atoms with Crippen LogP contribution >= 0.6 is 0 Å². The minimum absolute atomic E-state index is 0.106. The maximum atomic E-state index is 7.49. The first-order valence-corrected chi connectivity index (χ1v) is 6.81. The Bertz CT molecular complexity index is 410. The monoisotopic (exact) mass is 279 g/mol. The summed E-state index contributed by atoms with van der Waals surface area (Å²) in [6, 6.07) is 7.83. The molecule has 5 nitrogen and oxygen atoms in total. The van der Waals surface area contributed by atoms with Gasteiger partial charge in [-0.15, -0.1) is 0 Å². The van der Waals surface area contributed by atoms with E-state index in [0.717, 1.165) is 43.8 Å². The van der Waals surface area contributed by atoms with E-state index < -0.39 is 0 Å². The summed E-state index contributed by atoms with van der Waals surface area (Å²) in [5.41, 5.74) is 7.45. The minimum atomic E-state index is 0.106. The Balaban J connectivity index is 2.62. The van der Waals surface area contributed by atoms with Crippen molar-refractivity contribution in [1.29, 1.82) is 5.41 Å². The van der Waals surface area contributed by atoms with Crippen LogP contribution in [0.15, 0.2) is 24.3 Å². The van der Waals surface area contributed by atoms with Gasteiger partial charge in [0.1, 0.15) is 5.84 Å². The SMILES string of the molecule is COCCCN(CCOC)Cc1cccc(C(=N)N)c1. The summed E-state index contributed by atoms with van der Waals surface area (Å²) in [7, 11) is 3.43. The van der Waals surface area contributed by atoms with Crippen LogP contribution in [0.2, 0.25) is 0 Å². The van der Waals surface area contributed by atoms with Crippen LogP contribution in [-0.4, -0.2) is 51.3 Å². The first-order valence-electron chi connectivity index (χ1n) is 6.81. The Morgan fingerprint density at radius 1 is 1.20 bits per heavy atom. The molecule has 20 heavy (non-hydrogen) atoms. The number of nitrogens with zero attached hydrogens (tertiary/aromatic N) is 1. The summed E-state index contributed by atoms with van der Waals surface area (Å²) in [6.07, 6.45) is 0.993. The molecule has 0 amide bonds. The zero-order valence-corrected chi connectivity index (χ0v) is 12.4. The fraction of sp³-hybridized carbons (Fsp3) is 0.533. The van der Waals surface area contributed by atoms with E-state index in [4.69, 9.17) is 20.6 Å². The molecule has 0 spiro atoms. The van der Waals surface area contributed by atoms with E-state index in [-0.39, 0.29) is 5.84 Å². The maximum absolute atomic E-state index is 7.49. The van der Waals surface area contributed by atoms with E-state index in [1.807, 2.05) is 18.2 Å². The molecule has 0 bridgehead atoms. The van der Waals surface area contributed by atoms with E-state index in [1.165, 1.54) is 0 Å². The Morgan fingerprint density at radius 2 is 1.95 bits per heavy atom. The zero-order chi connectivity index (χ0) is 14.8. The average molecular weight is 279 g/mol. The number of nitrogens with one attached hydrogen (secondary N) is 1. The number of hydrogen-bond acceptors (Lipinski definition) is 4. The summed E-state index contributed by atoms with van der Waals surface area (Å²) in [4.78, 5) is 2.32. The van der Waals surface area contributed by atoms with Gasteiger partial charge < -0.3 is 15.2 Å². The minimum Gasteiger partial charge on any atom is -0.385 e. The molecular weight excluding hydrogens is 254 g/mol. The van der Waals surface area contributed by atoms with Crippen LogP contribution in [-0.2, 0) is 16.0 Å². The molecule has 0 aromatic heterocycles. The highest BCUT2D eigenvalue weighted by atomic mass is 16.5. The van der Waals surface area contributed by atoms with E-state index in [1.54, 1.807) is 14.2 Å². The molecule has 0 aliphatic heterocycles. The summed E-state index contributed by atoms with van der Waals surface area (Å²) in [6.45, 7) is 4.14. The lowest BCUT2D eigenvalue weighted by molar-refractivity contribution is 0.129. The van der Waals surface area contributed by atoms with Gasteiger partial charge in [-0.1, -0.05) is 18.2 Å². The Labute approximate surface area is 121 Å². The Morgan fingerprint density at radius 3 is 2.60 bits per heavy atom. The molecule has 0 heterocycles. The first-order chi connectivity index (χ1) is 9.67. The molecular formula is C15H25N3O2. The van der Waals surface area contributed by atoms with E-state index in [0.29, 0.717) is 6.61 Å². The smallest absolute Gasteiger partial charge is 0.122 e. The van der Waals surface area contributed by atoms with E-state index >= 15 is 0 Å². The van der Waals surface area contributed by atoms with Crippen LogP contribution < -0.4 is 5.73 Å². The molecule has 1 rings (SSSR count). The van der Waals surface area contributed by atoms with Crippen molar-refractivity contribution in [2.45, 2.75) is 13.0 Å². The van der Waals surface area contributed by atoms with Gasteiger partial charge in [0, 0.05) is 46.0 Å². The van der Waals surface area contributed by atoms with Gasteiger partial charge >= 0.3 is 0 Å². The second-order valence-corrected chi connectivity index (χ2v) is 4.73. The molecule has 0 saturated carbocycles. The van der Waals surface area contributed by atoms with Crippen molar-refractivity contribution < 1.29 is 9.47 Å². The molecule has 5 heteroatoms. The number of methoxy groups -OCH3 is 2. The number of rotatable bonds is 10. The van der Waals surface area contributed by atoms with Crippen molar-refractivity contribution in [2.75, 3.05) is 40.5 Å². The normalized spacial score (nSPS) is 10.9. The van der Waals surface area contributed by atoms with Crippen LogP contribution in [0.4, 0.5) is 0 Å². The van der Waals surface area contributed by atoms with Crippen LogP contribution in [0.1, 0.15) is 17.5 Å². The fourth-order valence-corrected chi connectivity index (χ4v) is 2.02. The molecule has 0 aliphatic rings. The van der Waals surface area contributed by atoms with Gasteiger partial charge in [-0.25, -0.2) is 0 Å². The van der Waals surface area contributed by atoms with Crippen molar-refractivity contribution in [2.24, 2.45) is 5.73 Å². The number of nitrogens with two attached hydrogens (primary N) is 1. The van der Waals surface area contributed by atoms with Crippen molar-refractivity contribution >= 4 is 5.84 Å². The quantitative estimate of drug-likeness (QED) is 0.386. The highest BCUT2D eigenvalue weighted by molar-refractivity contribution is 5.95. The molecule has 0 radical (unpaired) electrons. The zero-order valence-electron chi connectivity index (χ0n) is 12.4. The lowest BCUT2D eigenvalue weighted by Crippen LogP contribution is -2.29. The molecule has 3 N–H and O–H groups in total. The largest absolute Gasteiger partial charge is 0.385 e. The Kier molecular flexibility index (Phi) is 7.87. The molecule has 0 aliphatic carbocycles. The van der Waals surface area contributed by atoms with Gasteiger partial charge in [0.2, 0.25) is 0 Å². The van der Waals surface area contributed by atoms with E-state index in [2.05, 4.69) is 11.0 Å². The van der Waals surface area contributed by atoms with Crippen molar-refractivity contribution in [3.05, 3.63) is 35.4 Å². The van der Waals surface area contributed by atoms with Crippen LogP contribution in [0.3, 0.4) is 0 Å². The molecule has 1 aromatic carbocycles. The third-order valence-electron chi connectivity index (χ3n) is 3.08. The Hall–Kier alpha value is -1.43. The molecule has 0 saturated heterocycles. The second-order valence-electron chi connectivity index (χ2n) is 4.73. The van der Waals surface area contributed by atoms with Gasteiger partial charge in [-0.3, -0.25) is 10.3 Å². The third kappa shape index (κ3) is 6.14. The van der Waals surface area contributed by atoms with E-state index in [9.17, 15) is 0 Å². The predicted octanol–water partition coefficient (Wildman–Crippen LogP) is 1.46. The summed E-state index contributed by atoms with van der Waals surface area (Å²) in [5, 5.41) is 7.49. The molecule has 1 aromatic rings. The van der Waals surface area contributed by atoms with Gasteiger partial charge in [0.05, 0.1) is 6.61 Å². The number of benzene rings is 1. The molecule has 0 fully saturated rings. The van der Waals surface area contributed by atoms with Crippen LogP contribution in [0.25, 0.3) is 0 Å². The van der Waals surface area contributed by atoms with Gasteiger partial charge in [-0.05, 0) is 18.1 Å². The highest BCUT2D eigenvalue weighted by Crippen LogP contribution is 2.08. The van der Waals surface area contributed by atoms with Crippen molar-refractivity contribution in [3.8, 4) is 0 Å². The number of amidine groups is 1. The lowest BCUT2D eigenvalue weighted by atomic mass is 10.1. The lowest BCUT2D eigenvalue weighted by Gasteiger charge is -2.22.